The van der Waals surface area contributed by atoms with E-state index in [4.69, 9.17) is 4.74 Å². The van der Waals surface area contributed by atoms with E-state index in [1.807, 2.05) is 38.1 Å². The topological polar surface area (TPSA) is 88.6 Å². The number of aromatic nitrogens is 1. The molecule has 0 saturated heterocycles. The van der Waals surface area contributed by atoms with Crippen LogP contribution in [0.4, 0.5) is 5.13 Å². The summed E-state index contributed by atoms with van der Waals surface area (Å²) in [6.07, 6.45) is 2.21. The number of ether oxygens (including phenoxy) is 1. The van der Waals surface area contributed by atoms with Gasteiger partial charge >= 0.3 is 0 Å². The summed E-state index contributed by atoms with van der Waals surface area (Å²) in [5.74, 6) is 0.567. The molecule has 1 aliphatic rings. The van der Waals surface area contributed by atoms with Crippen LogP contribution in [0.25, 0.3) is 0 Å². The van der Waals surface area contributed by atoms with E-state index in [0.29, 0.717) is 30.4 Å². The van der Waals surface area contributed by atoms with Crippen molar-refractivity contribution in [1.29, 1.82) is 0 Å². The van der Waals surface area contributed by atoms with Crippen molar-refractivity contribution in [2.24, 2.45) is 0 Å². The van der Waals surface area contributed by atoms with Crippen molar-refractivity contribution in [3.8, 4) is 5.75 Å². The SMILES string of the molecule is Cc1ccc(OCC(=O)N2CCc3ccc(S(=O)(=O)Nc4nccs4)cc3C2)c(C)c1. The Hall–Kier alpha value is -2.91. The monoisotopic (exact) mass is 457 g/mol. The Labute approximate surface area is 185 Å². The normalized spacial score (nSPS) is 13.5. The third-order valence-corrected chi connectivity index (χ3v) is 7.34. The molecule has 0 spiro atoms. The molecule has 1 amide bonds. The molecule has 4 rings (SSSR count). The molecule has 3 aromatic rings. The van der Waals surface area contributed by atoms with E-state index in [2.05, 4.69) is 9.71 Å². The summed E-state index contributed by atoms with van der Waals surface area (Å²) in [6, 6.07) is 10.9. The predicted molar refractivity (Wildman–Crippen MR) is 120 cm³/mol. The molecule has 7 nitrogen and oxygen atoms in total. The van der Waals surface area contributed by atoms with Crippen LogP contribution in [0, 0.1) is 13.8 Å². The number of nitrogens with one attached hydrogen (secondary N) is 1. The molecule has 0 fully saturated rings. The zero-order valence-corrected chi connectivity index (χ0v) is 18.9. The minimum atomic E-state index is -3.74. The Morgan fingerprint density at radius 1 is 1.19 bits per heavy atom. The number of sulfonamides is 1. The fraction of sp³-hybridized carbons (Fsp3) is 0.273. The third-order valence-electron chi connectivity index (χ3n) is 5.19. The number of rotatable bonds is 6. The summed E-state index contributed by atoms with van der Waals surface area (Å²) in [4.78, 5) is 18.5. The molecule has 2 heterocycles. The van der Waals surface area contributed by atoms with Crippen LogP contribution >= 0.6 is 11.3 Å². The summed E-state index contributed by atoms with van der Waals surface area (Å²) < 4.78 is 33.6. The van der Waals surface area contributed by atoms with Crippen molar-refractivity contribution in [2.45, 2.75) is 31.7 Å². The molecule has 1 aromatic heterocycles. The maximum atomic E-state index is 12.7. The number of fused-ring (bicyclic) bond motifs is 1. The van der Waals surface area contributed by atoms with Gasteiger partial charge in [-0.2, -0.15) is 0 Å². The maximum Gasteiger partial charge on any atom is 0.263 e. The molecule has 162 valence electrons. The Kier molecular flexibility index (Phi) is 5.97. The van der Waals surface area contributed by atoms with Gasteiger partial charge in [0.2, 0.25) is 0 Å². The molecule has 0 aliphatic carbocycles. The highest BCUT2D eigenvalue weighted by Gasteiger charge is 2.24. The van der Waals surface area contributed by atoms with Gasteiger partial charge < -0.3 is 9.64 Å². The molecule has 0 bridgehead atoms. The van der Waals surface area contributed by atoms with Crippen molar-refractivity contribution in [3.63, 3.8) is 0 Å². The van der Waals surface area contributed by atoms with Crippen LogP contribution in [-0.4, -0.2) is 37.4 Å². The van der Waals surface area contributed by atoms with Gasteiger partial charge in [-0.05, 0) is 55.2 Å². The number of amides is 1. The average Bonchev–Trinajstić information content (AvgIpc) is 3.24. The third kappa shape index (κ3) is 4.88. The van der Waals surface area contributed by atoms with E-state index in [0.717, 1.165) is 22.3 Å². The smallest absolute Gasteiger partial charge is 0.263 e. The highest BCUT2D eigenvalue weighted by atomic mass is 32.2. The molecular formula is C22H23N3O4S2. The van der Waals surface area contributed by atoms with Crippen molar-refractivity contribution in [1.82, 2.24) is 9.88 Å². The van der Waals surface area contributed by atoms with Crippen molar-refractivity contribution < 1.29 is 17.9 Å². The van der Waals surface area contributed by atoms with E-state index in [9.17, 15) is 13.2 Å². The summed E-state index contributed by atoms with van der Waals surface area (Å²) in [5, 5.41) is 2.02. The number of carbonyl (C=O) groups is 1. The summed E-state index contributed by atoms with van der Waals surface area (Å²) >= 11 is 1.21. The molecular weight excluding hydrogens is 434 g/mol. The number of anilines is 1. The van der Waals surface area contributed by atoms with Crippen LogP contribution in [0.15, 0.2) is 52.9 Å². The quantitative estimate of drug-likeness (QED) is 0.612. The van der Waals surface area contributed by atoms with Crippen molar-refractivity contribution in [2.75, 3.05) is 17.9 Å². The molecule has 2 aromatic carbocycles. The molecule has 1 aliphatic heterocycles. The van der Waals surface area contributed by atoms with Gasteiger partial charge in [-0.3, -0.25) is 9.52 Å². The second kappa shape index (κ2) is 8.68. The van der Waals surface area contributed by atoms with Crippen LogP contribution in [-0.2, 0) is 27.8 Å². The number of benzene rings is 2. The molecule has 0 atom stereocenters. The van der Waals surface area contributed by atoms with Crippen LogP contribution in [0.3, 0.4) is 0 Å². The lowest BCUT2D eigenvalue weighted by molar-refractivity contribution is -0.134. The largest absolute Gasteiger partial charge is 0.484 e. The molecule has 0 radical (unpaired) electrons. The second-order valence-electron chi connectivity index (χ2n) is 7.50. The van der Waals surface area contributed by atoms with Gasteiger partial charge in [0.05, 0.1) is 4.90 Å². The minimum absolute atomic E-state index is 0.0528. The van der Waals surface area contributed by atoms with Gasteiger partial charge in [0.25, 0.3) is 15.9 Å². The highest BCUT2D eigenvalue weighted by Crippen LogP contribution is 2.25. The lowest BCUT2D eigenvalue weighted by atomic mass is 10.00. The lowest BCUT2D eigenvalue weighted by Crippen LogP contribution is -2.39. The van der Waals surface area contributed by atoms with Gasteiger partial charge in [0, 0.05) is 24.7 Å². The van der Waals surface area contributed by atoms with E-state index in [1.165, 1.54) is 11.3 Å². The van der Waals surface area contributed by atoms with Crippen LogP contribution in [0.5, 0.6) is 5.75 Å². The van der Waals surface area contributed by atoms with Crippen LogP contribution < -0.4 is 9.46 Å². The number of thiazole rings is 1. The zero-order chi connectivity index (χ0) is 22.0. The standard InChI is InChI=1S/C22H23N3O4S2/c1-15-3-6-20(16(2)11-15)29-14-21(26)25-9-7-17-4-5-19(12-18(17)13-25)31(27,28)24-22-23-8-10-30-22/h3-6,8,10-12H,7,9,13-14H2,1-2H3,(H,23,24). The highest BCUT2D eigenvalue weighted by molar-refractivity contribution is 7.93. The van der Waals surface area contributed by atoms with Gasteiger partial charge in [0.15, 0.2) is 11.7 Å². The molecule has 0 unspecified atom stereocenters. The first-order valence-corrected chi connectivity index (χ1v) is 12.2. The molecule has 1 N–H and O–H groups in total. The summed E-state index contributed by atoms with van der Waals surface area (Å²) in [6.45, 7) is 4.83. The Bertz CT molecular complexity index is 1210. The first-order valence-electron chi connectivity index (χ1n) is 9.84. The Balaban J connectivity index is 1.44. The number of nitrogens with zero attached hydrogens (tertiary/aromatic N) is 2. The van der Waals surface area contributed by atoms with Gasteiger partial charge in [-0.1, -0.05) is 23.8 Å². The number of hydrogen-bond acceptors (Lipinski definition) is 6. The first kappa shape index (κ1) is 21.3. The van der Waals surface area contributed by atoms with Crippen molar-refractivity contribution in [3.05, 3.63) is 70.2 Å². The minimum Gasteiger partial charge on any atom is -0.484 e. The van der Waals surface area contributed by atoms with E-state index >= 15 is 0 Å². The van der Waals surface area contributed by atoms with E-state index in [1.54, 1.807) is 28.6 Å². The number of carbonyl (C=O) groups excluding carboxylic acids is 1. The van der Waals surface area contributed by atoms with Gasteiger partial charge in [-0.25, -0.2) is 13.4 Å². The van der Waals surface area contributed by atoms with Crippen molar-refractivity contribution >= 4 is 32.4 Å². The fourth-order valence-electron chi connectivity index (χ4n) is 3.55. The number of aryl methyl sites for hydroxylation is 2. The van der Waals surface area contributed by atoms with Crippen LogP contribution in [0.2, 0.25) is 0 Å². The average molecular weight is 458 g/mol. The fourth-order valence-corrected chi connectivity index (χ4v) is 5.39. The van der Waals surface area contributed by atoms with Gasteiger partial charge in [0.1, 0.15) is 5.75 Å². The van der Waals surface area contributed by atoms with E-state index < -0.39 is 10.0 Å². The molecule has 0 saturated carbocycles. The molecule has 9 heteroatoms. The maximum absolute atomic E-state index is 12.7. The second-order valence-corrected chi connectivity index (χ2v) is 10.1. The Morgan fingerprint density at radius 2 is 2.03 bits per heavy atom. The zero-order valence-electron chi connectivity index (χ0n) is 17.3. The molecule has 31 heavy (non-hydrogen) atoms. The Morgan fingerprint density at radius 3 is 2.77 bits per heavy atom. The summed E-state index contributed by atoms with van der Waals surface area (Å²) in [7, 11) is -3.74. The van der Waals surface area contributed by atoms with E-state index in [-0.39, 0.29) is 17.4 Å². The number of hydrogen-bond donors (Lipinski definition) is 1. The first-order chi connectivity index (χ1) is 14.8. The van der Waals surface area contributed by atoms with Crippen LogP contribution in [0.1, 0.15) is 22.3 Å². The van der Waals surface area contributed by atoms with Gasteiger partial charge in [-0.15, -0.1) is 11.3 Å². The lowest BCUT2D eigenvalue weighted by Gasteiger charge is -2.29. The predicted octanol–water partition coefficient (Wildman–Crippen LogP) is 3.52. The summed E-state index contributed by atoms with van der Waals surface area (Å²) in [5.41, 5.74) is 4.00.